The maximum Gasteiger partial charge on any atom is 0.265 e. The first-order valence-corrected chi connectivity index (χ1v) is 9.82. The summed E-state index contributed by atoms with van der Waals surface area (Å²) in [6.45, 7) is 1.31. The van der Waals surface area contributed by atoms with Crippen LogP contribution in [0.3, 0.4) is 0 Å². The molecule has 3 amide bonds. The molecule has 0 aromatic heterocycles. The minimum atomic E-state index is -1.05. The van der Waals surface area contributed by atoms with Gasteiger partial charge in [-0.05, 0) is 45.1 Å². The van der Waals surface area contributed by atoms with E-state index in [1.807, 2.05) is 0 Å². The number of rotatable bonds is 9. The molecule has 3 atom stereocenters. The lowest BCUT2D eigenvalue weighted by Crippen LogP contribution is -2.55. The van der Waals surface area contributed by atoms with Gasteiger partial charge >= 0.3 is 0 Å². The number of hydroxylamine groups is 1. The van der Waals surface area contributed by atoms with Crippen LogP contribution < -0.4 is 27.3 Å². The summed E-state index contributed by atoms with van der Waals surface area (Å²) >= 11 is 0. The third-order valence-corrected chi connectivity index (χ3v) is 5.08. The van der Waals surface area contributed by atoms with Crippen LogP contribution in [0.4, 0.5) is 0 Å². The molecular formula is C16H28N8O6. The largest absolute Gasteiger partial charge is 0.365 e. The standard InChI is InChI=1S/C16H28N8O6/c17-16(21-24(29)30)19-8-1-4-10(13(25)22-28)20-14(26)12-6-3-9-23(12)15(27)11-5-2-7-18-11/h10-12,18,28H,1-9H2,(H,20,26)(H,22,25)(H3,17,19,21)/t10-,11-,12-/m0/s1. The minimum absolute atomic E-state index is 0.0686. The normalized spacial score (nSPS) is 22.4. The zero-order valence-electron chi connectivity index (χ0n) is 16.5. The van der Waals surface area contributed by atoms with E-state index < -0.39 is 28.9 Å². The third kappa shape index (κ3) is 6.52. The summed E-state index contributed by atoms with van der Waals surface area (Å²) in [6, 6.07) is -2.01. The van der Waals surface area contributed by atoms with Crippen molar-refractivity contribution < 1.29 is 24.6 Å². The lowest BCUT2D eigenvalue weighted by atomic mass is 10.1. The Morgan fingerprint density at radius 3 is 2.73 bits per heavy atom. The smallest absolute Gasteiger partial charge is 0.265 e. The molecule has 2 saturated heterocycles. The van der Waals surface area contributed by atoms with Crippen LogP contribution in [0.15, 0.2) is 4.99 Å². The molecule has 2 rings (SSSR count). The van der Waals surface area contributed by atoms with Crippen LogP contribution in [-0.4, -0.2) is 76.6 Å². The monoisotopic (exact) mass is 428 g/mol. The SMILES string of the molecule is NC(=NCCC[C@H](NC(=O)[C@@H]1CCCN1C(=O)[C@@H]1CCCN1)C(=O)NO)N[N+](=O)[O-]. The maximum atomic E-state index is 12.7. The summed E-state index contributed by atoms with van der Waals surface area (Å²) in [5.41, 5.74) is 8.50. The summed E-state index contributed by atoms with van der Waals surface area (Å²) in [5.74, 6) is -1.77. The van der Waals surface area contributed by atoms with Gasteiger partial charge in [0.05, 0.1) is 6.04 Å². The van der Waals surface area contributed by atoms with Crippen LogP contribution in [-0.2, 0) is 14.4 Å². The highest BCUT2D eigenvalue weighted by Gasteiger charge is 2.38. The molecule has 0 aromatic rings. The molecule has 2 heterocycles. The molecule has 0 unspecified atom stereocenters. The van der Waals surface area contributed by atoms with E-state index >= 15 is 0 Å². The van der Waals surface area contributed by atoms with Crippen molar-refractivity contribution in [3.63, 3.8) is 0 Å². The molecule has 0 aromatic carbocycles. The summed E-state index contributed by atoms with van der Waals surface area (Å²) in [4.78, 5) is 52.9. The van der Waals surface area contributed by atoms with E-state index in [0.29, 0.717) is 19.4 Å². The van der Waals surface area contributed by atoms with Crippen molar-refractivity contribution in [2.75, 3.05) is 19.6 Å². The highest BCUT2D eigenvalue weighted by molar-refractivity contribution is 5.93. The van der Waals surface area contributed by atoms with Gasteiger partial charge < -0.3 is 21.3 Å². The molecule has 14 nitrogen and oxygen atoms in total. The molecule has 2 fully saturated rings. The number of likely N-dealkylation sites (tertiary alicyclic amines) is 1. The van der Waals surface area contributed by atoms with Gasteiger partial charge in [0.25, 0.3) is 11.9 Å². The van der Waals surface area contributed by atoms with Gasteiger partial charge in [-0.3, -0.25) is 19.6 Å². The molecule has 0 saturated carbocycles. The van der Waals surface area contributed by atoms with E-state index in [-0.39, 0.29) is 37.3 Å². The van der Waals surface area contributed by atoms with Gasteiger partial charge in [0.15, 0.2) is 5.03 Å². The minimum Gasteiger partial charge on any atom is -0.365 e. The molecule has 2 aliphatic rings. The zero-order valence-corrected chi connectivity index (χ0v) is 16.5. The first-order valence-electron chi connectivity index (χ1n) is 9.82. The number of hydrogen-bond donors (Lipinski definition) is 6. The molecule has 0 aliphatic carbocycles. The lowest BCUT2D eigenvalue weighted by Gasteiger charge is -2.28. The Labute approximate surface area is 172 Å². The van der Waals surface area contributed by atoms with Crippen molar-refractivity contribution in [2.24, 2.45) is 10.7 Å². The maximum absolute atomic E-state index is 12.7. The molecular weight excluding hydrogens is 400 g/mol. The Balaban J connectivity index is 1.91. The molecule has 2 aliphatic heterocycles. The Kier molecular flexibility index (Phi) is 8.73. The first kappa shape index (κ1) is 23.3. The average molecular weight is 428 g/mol. The number of guanidine groups is 1. The third-order valence-electron chi connectivity index (χ3n) is 5.08. The molecule has 7 N–H and O–H groups in total. The Morgan fingerprint density at radius 2 is 2.10 bits per heavy atom. The fraction of sp³-hybridized carbons (Fsp3) is 0.750. The van der Waals surface area contributed by atoms with Crippen molar-refractivity contribution >= 4 is 23.7 Å². The van der Waals surface area contributed by atoms with Gasteiger partial charge in [-0.15, -0.1) is 0 Å². The molecule has 14 heteroatoms. The number of nitrogens with zero attached hydrogens (tertiary/aromatic N) is 3. The predicted molar refractivity (Wildman–Crippen MR) is 103 cm³/mol. The van der Waals surface area contributed by atoms with Gasteiger partial charge in [0, 0.05) is 13.1 Å². The molecule has 0 bridgehead atoms. The van der Waals surface area contributed by atoms with E-state index in [1.165, 1.54) is 5.48 Å². The van der Waals surface area contributed by atoms with E-state index in [4.69, 9.17) is 10.9 Å². The second kappa shape index (κ2) is 11.3. The van der Waals surface area contributed by atoms with Crippen LogP contribution in [0.2, 0.25) is 0 Å². The number of hydrazine groups is 1. The average Bonchev–Trinajstić information content (AvgIpc) is 3.40. The fourth-order valence-electron chi connectivity index (χ4n) is 3.64. The van der Waals surface area contributed by atoms with E-state index in [1.54, 1.807) is 10.3 Å². The number of carbonyl (C=O) groups excluding carboxylic acids is 3. The second-order valence-corrected chi connectivity index (χ2v) is 7.15. The topological polar surface area (TPSA) is 204 Å². The quantitative estimate of drug-likeness (QED) is 0.0577. The zero-order chi connectivity index (χ0) is 22.1. The number of nitrogens with two attached hydrogens (primary N) is 1. The van der Waals surface area contributed by atoms with Crippen molar-refractivity contribution in [2.45, 2.75) is 56.7 Å². The Bertz CT molecular complexity index is 681. The van der Waals surface area contributed by atoms with Crippen molar-refractivity contribution in [3.05, 3.63) is 10.1 Å². The second-order valence-electron chi connectivity index (χ2n) is 7.15. The number of hydrogen-bond acceptors (Lipinski definition) is 8. The van der Waals surface area contributed by atoms with Crippen LogP contribution in [0.5, 0.6) is 0 Å². The lowest BCUT2D eigenvalue weighted by molar-refractivity contribution is -0.525. The highest BCUT2D eigenvalue weighted by Crippen LogP contribution is 2.21. The fourth-order valence-corrected chi connectivity index (χ4v) is 3.64. The van der Waals surface area contributed by atoms with Crippen LogP contribution >= 0.6 is 0 Å². The molecule has 168 valence electrons. The molecule has 30 heavy (non-hydrogen) atoms. The molecule has 0 radical (unpaired) electrons. The van der Waals surface area contributed by atoms with E-state index in [2.05, 4.69) is 15.6 Å². The van der Waals surface area contributed by atoms with Gasteiger partial charge in [0.1, 0.15) is 12.1 Å². The van der Waals surface area contributed by atoms with Crippen LogP contribution in [0.1, 0.15) is 38.5 Å². The summed E-state index contributed by atoms with van der Waals surface area (Å²) in [5, 5.41) is 24.1. The van der Waals surface area contributed by atoms with Gasteiger partial charge in [0.2, 0.25) is 11.8 Å². The Morgan fingerprint density at radius 1 is 1.33 bits per heavy atom. The number of carbonyl (C=O) groups is 3. The van der Waals surface area contributed by atoms with Gasteiger partial charge in [-0.25, -0.2) is 20.6 Å². The number of amides is 3. The van der Waals surface area contributed by atoms with E-state index in [0.717, 1.165) is 19.4 Å². The summed E-state index contributed by atoms with van der Waals surface area (Å²) in [6.07, 6.45) is 3.18. The van der Waals surface area contributed by atoms with Gasteiger partial charge in [-0.2, -0.15) is 0 Å². The number of aliphatic imine (C=N–C) groups is 1. The summed E-state index contributed by atoms with van der Waals surface area (Å²) in [7, 11) is 0. The number of nitro groups is 1. The van der Waals surface area contributed by atoms with Crippen molar-refractivity contribution in [1.29, 1.82) is 0 Å². The predicted octanol–water partition coefficient (Wildman–Crippen LogP) is -2.40. The van der Waals surface area contributed by atoms with Gasteiger partial charge in [-0.1, -0.05) is 5.43 Å². The summed E-state index contributed by atoms with van der Waals surface area (Å²) < 4.78 is 0. The molecule has 0 spiro atoms. The highest BCUT2D eigenvalue weighted by atomic mass is 16.7. The van der Waals surface area contributed by atoms with E-state index in [9.17, 15) is 24.5 Å². The van der Waals surface area contributed by atoms with Crippen molar-refractivity contribution in [1.82, 2.24) is 26.4 Å². The number of nitrogens with one attached hydrogen (secondary N) is 4. The first-order chi connectivity index (χ1) is 14.3. The Hall–Kier alpha value is -3.00. The van der Waals surface area contributed by atoms with Crippen LogP contribution in [0.25, 0.3) is 0 Å². The van der Waals surface area contributed by atoms with Crippen molar-refractivity contribution in [3.8, 4) is 0 Å². The van der Waals surface area contributed by atoms with Crippen LogP contribution in [0, 0.1) is 10.1 Å².